The minimum Gasteiger partial charge on any atom is -0.495 e. The first-order chi connectivity index (χ1) is 14.3. The highest BCUT2D eigenvalue weighted by Gasteiger charge is 2.29. The van der Waals surface area contributed by atoms with Gasteiger partial charge >= 0.3 is 0 Å². The zero-order valence-corrected chi connectivity index (χ0v) is 18.9. The highest BCUT2D eigenvalue weighted by Crippen LogP contribution is 2.32. The van der Waals surface area contributed by atoms with E-state index in [1.807, 2.05) is 0 Å². The summed E-state index contributed by atoms with van der Waals surface area (Å²) < 4.78 is 61.0. The van der Waals surface area contributed by atoms with Gasteiger partial charge in [-0.15, -0.1) is 0 Å². The van der Waals surface area contributed by atoms with E-state index in [4.69, 9.17) is 4.74 Å². The molecular weight excluding hydrogens is 424 g/mol. The van der Waals surface area contributed by atoms with E-state index >= 15 is 0 Å². The molecule has 3 rings (SSSR count). The van der Waals surface area contributed by atoms with E-state index in [-0.39, 0.29) is 21.2 Å². The number of sulfonamides is 2. The second-order valence-electron chi connectivity index (χ2n) is 7.33. The average molecular weight is 453 g/mol. The van der Waals surface area contributed by atoms with Crippen molar-refractivity contribution in [3.8, 4) is 5.75 Å². The van der Waals surface area contributed by atoms with Gasteiger partial charge in [-0.3, -0.25) is 4.72 Å². The molecular formula is C21H28N2O5S2. The van der Waals surface area contributed by atoms with Crippen LogP contribution in [0.2, 0.25) is 0 Å². The van der Waals surface area contributed by atoms with E-state index in [0.29, 0.717) is 13.1 Å². The third-order valence-electron chi connectivity index (χ3n) is 5.12. The van der Waals surface area contributed by atoms with Crippen LogP contribution < -0.4 is 9.46 Å². The van der Waals surface area contributed by atoms with E-state index in [0.717, 1.165) is 37.7 Å². The number of anilines is 1. The normalized spacial score (nSPS) is 15.7. The Morgan fingerprint density at radius 2 is 1.63 bits per heavy atom. The molecule has 164 valence electrons. The summed E-state index contributed by atoms with van der Waals surface area (Å²) in [5.41, 5.74) is 1.24. The molecule has 0 saturated carbocycles. The fraction of sp³-hybridized carbons (Fsp3) is 0.429. The van der Waals surface area contributed by atoms with Gasteiger partial charge in [0.1, 0.15) is 10.6 Å². The van der Waals surface area contributed by atoms with Crippen LogP contribution in [-0.4, -0.2) is 41.3 Å². The molecule has 2 aromatic rings. The Morgan fingerprint density at radius 1 is 0.967 bits per heavy atom. The molecule has 0 atom stereocenters. The number of nitrogens with zero attached hydrogens (tertiary/aromatic N) is 1. The van der Waals surface area contributed by atoms with Crippen LogP contribution in [0.1, 0.15) is 38.2 Å². The van der Waals surface area contributed by atoms with Crippen molar-refractivity contribution in [3.05, 3.63) is 48.0 Å². The van der Waals surface area contributed by atoms with Crippen LogP contribution in [0.25, 0.3) is 0 Å². The number of rotatable bonds is 8. The first-order valence-corrected chi connectivity index (χ1v) is 13.0. The second-order valence-corrected chi connectivity index (χ2v) is 10.9. The lowest BCUT2D eigenvalue weighted by molar-refractivity contribution is 0.343. The summed E-state index contributed by atoms with van der Waals surface area (Å²) in [6.07, 6.45) is 4.47. The molecule has 0 amide bonds. The molecule has 0 spiro atoms. The molecule has 1 N–H and O–H groups in total. The van der Waals surface area contributed by atoms with Crippen LogP contribution in [0.3, 0.4) is 0 Å². The summed E-state index contributed by atoms with van der Waals surface area (Å²) in [5, 5.41) is 0. The first kappa shape index (κ1) is 22.6. The minimum atomic E-state index is -3.85. The number of piperidine rings is 1. The molecule has 0 bridgehead atoms. The van der Waals surface area contributed by atoms with Gasteiger partial charge in [-0.1, -0.05) is 31.9 Å². The zero-order valence-electron chi connectivity index (χ0n) is 17.3. The number of hydrogen-bond acceptors (Lipinski definition) is 5. The lowest BCUT2D eigenvalue weighted by Gasteiger charge is -2.26. The van der Waals surface area contributed by atoms with Gasteiger partial charge in [-0.2, -0.15) is 4.31 Å². The highest BCUT2D eigenvalue weighted by atomic mass is 32.2. The summed E-state index contributed by atoms with van der Waals surface area (Å²) in [7, 11) is -6.24. The Kier molecular flexibility index (Phi) is 7.05. The molecule has 0 aliphatic carbocycles. The highest BCUT2D eigenvalue weighted by molar-refractivity contribution is 7.92. The third kappa shape index (κ3) is 4.96. The number of ether oxygens (including phenoxy) is 1. The van der Waals surface area contributed by atoms with Crippen molar-refractivity contribution >= 4 is 25.7 Å². The van der Waals surface area contributed by atoms with Crippen molar-refractivity contribution in [1.29, 1.82) is 0 Å². The fourth-order valence-corrected chi connectivity index (χ4v) is 6.27. The van der Waals surface area contributed by atoms with Crippen molar-refractivity contribution in [2.24, 2.45) is 0 Å². The first-order valence-electron chi connectivity index (χ1n) is 10.1. The van der Waals surface area contributed by atoms with E-state index in [1.54, 1.807) is 24.3 Å². The smallest absolute Gasteiger partial charge is 0.261 e. The molecule has 1 aliphatic rings. The molecule has 1 heterocycles. The van der Waals surface area contributed by atoms with Gasteiger partial charge < -0.3 is 4.74 Å². The minimum absolute atomic E-state index is 0.0367. The van der Waals surface area contributed by atoms with Gasteiger partial charge in [0.2, 0.25) is 10.0 Å². The van der Waals surface area contributed by atoms with Crippen LogP contribution in [0.5, 0.6) is 5.75 Å². The Labute approximate surface area is 179 Å². The van der Waals surface area contributed by atoms with Gasteiger partial charge in [-0.25, -0.2) is 16.8 Å². The summed E-state index contributed by atoms with van der Waals surface area (Å²) in [6, 6.07) is 11.0. The number of methoxy groups -OCH3 is 1. The van der Waals surface area contributed by atoms with Gasteiger partial charge in [0.15, 0.2) is 0 Å². The van der Waals surface area contributed by atoms with Crippen LogP contribution in [0, 0.1) is 0 Å². The van der Waals surface area contributed by atoms with E-state index in [1.165, 1.54) is 29.6 Å². The molecule has 1 saturated heterocycles. The third-order valence-corrected chi connectivity index (χ3v) is 8.44. The maximum atomic E-state index is 13.1. The van der Waals surface area contributed by atoms with Crippen LogP contribution in [0.15, 0.2) is 52.3 Å². The predicted octanol–water partition coefficient (Wildman–Crippen LogP) is 3.62. The molecule has 0 unspecified atom stereocenters. The molecule has 0 radical (unpaired) electrons. The van der Waals surface area contributed by atoms with E-state index in [9.17, 15) is 16.8 Å². The molecule has 9 heteroatoms. The number of nitrogens with one attached hydrogen (secondary N) is 1. The zero-order chi connectivity index (χ0) is 21.8. The van der Waals surface area contributed by atoms with Crippen molar-refractivity contribution in [1.82, 2.24) is 4.31 Å². The maximum absolute atomic E-state index is 13.1. The number of benzene rings is 2. The van der Waals surface area contributed by atoms with Gasteiger partial charge in [0.25, 0.3) is 10.0 Å². The second kappa shape index (κ2) is 9.36. The Hall–Kier alpha value is -2.10. The van der Waals surface area contributed by atoms with Crippen LogP contribution >= 0.6 is 0 Å². The quantitative estimate of drug-likeness (QED) is 0.660. The van der Waals surface area contributed by atoms with Crippen molar-refractivity contribution in [2.45, 2.75) is 48.8 Å². The summed E-state index contributed by atoms with van der Waals surface area (Å²) in [5.74, 6) is 0.187. The summed E-state index contributed by atoms with van der Waals surface area (Å²) in [4.78, 5) is 0.0870. The van der Waals surface area contributed by atoms with Crippen molar-refractivity contribution < 1.29 is 21.6 Å². The van der Waals surface area contributed by atoms with Crippen LogP contribution in [-0.2, 0) is 26.5 Å². The Bertz CT molecular complexity index is 1070. The Morgan fingerprint density at radius 3 is 2.23 bits per heavy atom. The van der Waals surface area contributed by atoms with Crippen molar-refractivity contribution in [2.75, 3.05) is 24.9 Å². The van der Waals surface area contributed by atoms with Crippen LogP contribution in [0.4, 0.5) is 5.69 Å². The lowest BCUT2D eigenvalue weighted by Crippen LogP contribution is -2.35. The largest absolute Gasteiger partial charge is 0.495 e. The van der Waals surface area contributed by atoms with E-state index in [2.05, 4.69) is 11.6 Å². The van der Waals surface area contributed by atoms with E-state index < -0.39 is 20.0 Å². The maximum Gasteiger partial charge on any atom is 0.261 e. The van der Waals surface area contributed by atoms with Crippen molar-refractivity contribution in [3.63, 3.8) is 0 Å². The SMILES string of the molecule is CCCc1ccc(S(=O)(=O)Nc2ccc(OC)c(S(=O)(=O)N3CCCCC3)c2)cc1. The van der Waals surface area contributed by atoms with Gasteiger partial charge in [-0.05, 0) is 55.2 Å². The number of hydrogen-bond donors (Lipinski definition) is 1. The molecule has 1 aliphatic heterocycles. The lowest BCUT2D eigenvalue weighted by atomic mass is 10.1. The molecule has 1 fully saturated rings. The standard InChI is InChI=1S/C21H28N2O5S2/c1-3-7-17-8-11-19(12-9-17)29(24,25)22-18-10-13-20(28-2)21(16-18)30(26,27)23-14-5-4-6-15-23/h8-13,16,22H,3-7,14-15H2,1-2H3. The molecule has 0 aromatic heterocycles. The summed E-state index contributed by atoms with van der Waals surface area (Å²) >= 11 is 0. The Balaban J connectivity index is 1.90. The topological polar surface area (TPSA) is 92.8 Å². The fourth-order valence-electron chi connectivity index (χ4n) is 3.52. The monoisotopic (exact) mass is 452 g/mol. The average Bonchev–Trinajstić information content (AvgIpc) is 2.75. The van der Waals surface area contributed by atoms with Gasteiger partial charge in [0.05, 0.1) is 17.7 Å². The summed E-state index contributed by atoms with van der Waals surface area (Å²) in [6.45, 7) is 2.96. The molecule has 30 heavy (non-hydrogen) atoms. The molecule has 2 aromatic carbocycles. The molecule has 7 nitrogen and oxygen atoms in total. The van der Waals surface area contributed by atoms with Gasteiger partial charge in [0, 0.05) is 13.1 Å². The predicted molar refractivity (Wildman–Crippen MR) is 117 cm³/mol. The number of aryl methyl sites for hydroxylation is 1.